The maximum absolute atomic E-state index is 14.1. The van der Waals surface area contributed by atoms with Gasteiger partial charge in [0.25, 0.3) is 0 Å². The van der Waals surface area contributed by atoms with Crippen molar-refractivity contribution in [3.63, 3.8) is 0 Å². The van der Waals surface area contributed by atoms with E-state index < -0.39 is 0 Å². The summed E-state index contributed by atoms with van der Waals surface area (Å²) in [4.78, 5) is 6.79. The van der Waals surface area contributed by atoms with E-state index in [-0.39, 0.29) is 17.8 Å². The van der Waals surface area contributed by atoms with Crippen molar-refractivity contribution in [3.8, 4) is 0 Å². The minimum Gasteiger partial charge on any atom is -0.371 e. The van der Waals surface area contributed by atoms with Gasteiger partial charge in [-0.25, -0.2) is 4.39 Å². The van der Waals surface area contributed by atoms with Crippen molar-refractivity contribution >= 4 is 23.2 Å². The molecule has 0 amide bonds. The van der Waals surface area contributed by atoms with Crippen molar-refractivity contribution in [2.45, 2.75) is 37.3 Å². The van der Waals surface area contributed by atoms with E-state index in [4.69, 9.17) is 11.6 Å². The van der Waals surface area contributed by atoms with Gasteiger partial charge in [0.15, 0.2) is 5.96 Å². The second kappa shape index (κ2) is 8.39. The van der Waals surface area contributed by atoms with Gasteiger partial charge >= 0.3 is 0 Å². The van der Waals surface area contributed by atoms with Gasteiger partial charge in [-0.05, 0) is 43.5 Å². The van der Waals surface area contributed by atoms with Gasteiger partial charge in [0, 0.05) is 54.4 Å². The fourth-order valence-corrected chi connectivity index (χ4v) is 4.30. The summed E-state index contributed by atoms with van der Waals surface area (Å²) >= 11 is 6.20. The number of halogens is 2. The lowest BCUT2D eigenvalue weighted by molar-refractivity contribution is 0.461. The molecule has 4 nitrogen and oxygen atoms in total. The highest BCUT2D eigenvalue weighted by Gasteiger charge is 2.42. The first kappa shape index (κ1) is 19.1. The van der Waals surface area contributed by atoms with E-state index in [0.717, 1.165) is 38.3 Å². The molecule has 2 atom stereocenters. The lowest BCUT2D eigenvalue weighted by atomic mass is 10.0. The lowest BCUT2D eigenvalue weighted by Gasteiger charge is -2.34. The molecule has 2 unspecified atom stereocenters. The number of aliphatic imine (C=N–C) groups is 1. The number of hydrogen-bond donors (Lipinski definition) is 2. The normalized spacial score (nSPS) is 22.8. The highest BCUT2D eigenvalue weighted by Crippen LogP contribution is 2.44. The molecule has 1 heterocycles. The second-order valence-electron chi connectivity index (χ2n) is 7.54. The molecule has 0 spiro atoms. The van der Waals surface area contributed by atoms with Gasteiger partial charge in [0.2, 0.25) is 0 Å². The van der Waals surface area contributed by atoms with E-state index in [9.17, 15) is 4.39 Å². The summed E-state index contributed by atoms with van der Waals surface area (Å²) in [5.74, 6) is 0.670. The van der Waals surface area contributed by atoms with E-state index in [1.165, 1.54) is 11.8 Å². The highest BCUT2D eigenvalue weighted by molar-refractivity contribution is 6.31. The molecule has 0 bridgehead atoms. The predicted molar refractivity (Wildman–Crippen MR) is 114 cm³/mol. The summed E-state index contributed by atoms with van der Waals surface area (Å²) in [6.07, 6.45) is 2.99. The van der Waals surface area contributed by atoms with Gasteiger partial charge in [-0.3, -0.25) is 4.99 Å². The molecule has 1 aliphatic carbocycles. The Morgan fingerprint density at radius 3 is 2.50 bits per heavy atom. The molecule has 4 rings (SSSR count). The third-order valence-electron chi connectivity index (χ3n) is 5.66. The van der Waals surface area contributed by atoms with E-state index in [1.807, 2.05) is 6.07 Å². The zero-order chi connectivity index (χ0) is 19.5. The van der Waals surface area contributed by atoms with Gasteiger partial charge in [-0.15, -0.1) is 0 Å². The molecule has 2 N–H and O–H groups in total. The van der Waals surface area contributed by atoms with Crippen LogP contribution >= 0.6 is 11.6 Å². The van der Waals surface area contributed by atoms with E-state index in [2.05, 4.69) is 44.8 Å². The quantitative estimate of drug-likeness (QED) is 0.597. The molecule has 2 aromatic carbocycles. The van der Waals surface area contributed by atoms with Gasteiger partial charge in [0.05, 0.1) is 0 Å². The minimum absolute atomic E-state index is 0.104. The van der Waals surface area contributed by atoms with E-state index >= 15 is 0 Å². The van der Waals surface area contributed by atoms with Crippen molar-refractivity contribution in [1.82, 2.24) is 10.6 Å². The number of rotatable bonds is 4. The van der Waals surface area contributed by atoms with Crippen LogP contribution < -0.4 is 15.5 Å². The molecule has 1 saturated carbocycles. The Morgan fingerprint density at radius 1 is 1.07 bits per heavy atom. The minimum atomic E-state index is -0.224. The lowest BCUT2D eigenvalue weighted by Crippen LogP contribution is -2.49. The molecule has 2 aromatic rings. The molecule has 0 aromatic heterocycles. The number of hydrogen-bond acceptors (Lipinski definition) is 2. The molecule has 28 heavy (non-hydrogen) atoms. The van der Waals surface area contributed by atoms with Crippen LogP contribution in [0.5, 0.6) is 0 Å². The predicted octanol–water partition coefficient (Wildman–Crippen LogP) is 4.17. The molecular weight excluding hydrogens is 375 g/mol. The second-order valence-corrected chi connectivity index (χ2v) is 7.95. The van der Waals surface area contributed by atoms with Crippen LogP contribution in [0.4, 0.5) is 10.1 Å². The van der Waals surface area contributed by atoms with E-state index in [0.29, 0.717) is 16.6 Å². The Bertz CT molecular complexity index is 813. The number of nitrogens with one attached hydrogen (secondary N) is 2. The SMILES string of the molecule is CN=C(NC1CCN(c2ccccc2)CC1)NC1CC1c1c(F)cccc1Cl. The third-order valence-corrected chi connectivity index (χ3v) is 5.99. The van der Waals surface area contributed by atoms with E-state index in [1.54, 1.807) is 19.2 Å². The monoisotopic (exact) mass is 400 g/mol. The summed E-state index contributed by atoms with van der Waals surface area (Å²) in [7, 11) is 1.78. The first-order valence-corrected chi connectivity index (χ1v) is 10.3. The Balaban J connectivity index is 1.29. The molecule has 1 saturated heterocycles. The Labute approximate surface area is 170 Å². The summed E-state index contributed by atoms with van der Waals surface area (Å²) < 4.78 is 14.1. The standard InChI is InChI=1S/C22H26ClFN4/c1-25-22(27-20-14-17(20)21-18(23)8-5-9-19(21)24)26-15-10-12-28(13-11-15)16-6-3-2-4-7-16/h2-9,15,17,20H,10-14H2,1H3,(H2,25,26,27). The Hall–Kier alpha value is -2.27. The molecule has 148 valence electrons. The number of piperidine rings is 1. The summed E-state index contributed by atoms with van der Waals surface area (Å²) in [5, 5.41) is 7.47. The molecular formula is C22H26ClFN4. The zero-order valence-corrected chi connectivity index (χ0v) is 16.8. The Morgan fingerprint density at radius 2 is 1.82 bits per heavy atom. The van der Waals surface area contributed by atoms with Crippen molar-refractivity contribution in [2.75, 3.05) is 25.0 Å². The topological polar surface area (TPSA) is 39.7 Å². The summed E-state index contributed by atoms with van der Waals surface area (Å²) in [6.45, 7) is 2.05. The maximum Gasteiger partial charge on any atom is 0.191 e. The van der Waals surface area contributed by atoms with Gasteiger partial charge in [-0.2, -0.15) is 0 Å². The van der Waals surface area contributed by atoms with Gasteiger partial charge in [-0.1, -0.05) is 35.9 Å². The largest absolute Gasteiger partial charge is 0.371 e. The van der Waals surface area contributed by atoms with Crippen molar-refractivity contribution in [1.29, 1.82) is 0 Å². The maximum atomic E-state index is 14.1. The fourth-order valence-electron chi connectivity index (χ4n) is 4.00. The van der Waals surface area contributed by atoms with Crippen LogP contribution in [-0.2, 0) is 0 Å². The zero-order valence-electron chi connectivity index (χ0n) is 16.0. The molecule has 0 radical (unpaired) electrons. The smallest absolute Gasteiger partial charge is 0.191 e. The fraction of sp³-hybridized carbons (Fsp3) is 0.409. The number of benzene rings is 2. The molecule has 2 fully saturated rings. The molecule has 6 heteroatoms. The highest BCUT2D eigenvalue weighted by atomic mass is 35.5. The number of guanidine groups is 1. The summed E-state index contributed by atoms with van der Waals surface area (Å²) in [5.41, 5.74) is 1.90. The van der Waals surface area contributed by atoms with Crippen LogP contribution in [0, 0.1) is 5.82 Å². The van der Waals surface area contributed by atoms with Crippen LogP contribution in [0.15, 0.2) is 53.5 Å². The van der Waals surface area contributed by atoms with Gasteiger partial charge < -0.3 is 15.5 Å². The molecule has 2 aliphatic rings. The van der Waals surface area contributed by atoms with Crippen LogP contribution in [-0.4, -0.2) is 38.2 Å². The van der Waals surface area contributed by atoms with Crippen LogP contribution in [0.1, 0.15) is 30.7 Å². The Kier molecular flexibility index (Phi) is 5.72. The van der Waals surface area contributed by atoms with Crippen molar-refractivity contribution in [2.24, 2.45) is 4.99 Å². The van der Waals surface area contributed by atoms with Gasteiger partial charge in [0.1, 0.15) is 5.82 Å². The number of nitrogens with zero attached hydrogens (tertiary/aromatic N) is 2. The van der Waals surface area contributed by atoms with Crippen LogP contribution in [0.2, 0.25) is 5.02 Å². The average molecular weight is 401 g/mol. The van der Waals surface area contributed by atoms with Crippen molar-refractivity contribution in [3.05, 3.63) is 64.9 Å². The van der Waals surface area contributed by atoms with Crippen LogP contribution in [0.3, 0.4) is 0 Å². The van der Waals surface area contributed by atoms with Crippen LogP contribution in [0.25, 0.3) is 0 Å². The third kappa shape index (κ3) is 4.25. The number of anilines is 1. The average Bonchev–Trinajstić information content (AvgIpc) is 3.47. The first-order valence-electron chi connectivity index (χ1n) is 9.89. The molecule has 1 aliphatic heterocycles. The number of para-hydroxylation sites is 1. The first-order chi connectivity index (χ1) is 13.7. The van der Waals surface area contributed by atoms with Crippen molar-refractivity contribution < 1.29 is 4.39 Å². The summed E-state index contributed by atoms with van der Waals surface area (Å²) in [6, 6.07) is 16.0.